The van der Waals surface area contributed by atoms with Crippen LogP contribution in [-0.2, 0) is 19.3 Å². The number of pyridine rings is 2. The fraction of sp³-hybridized carbons (Fsp3) is 0.235. The Bertz CT molecular complexity index is 2990. The van der Waals surface area contributed by atoms with Gasteiger partial charge in [-0.3, -0.25) is 24.4 Å². The summed E-state index contributed by atoms with van der Waals surface area (Å²) in [4.78, 5) is 44.4. The molecule has 0 spiro atoms. The van der Waals surface area contributed by atoms with Gasteiger partial charge in [0, 0.05) is 75.8 Å². The van der Waals surface area contributed by atoms with Gasteiger partial charge in [0.15, 0.2) is 51.8 Å². The number of hydrogen-bond acceptors (Lipinski definition) is 14. The molecule has 0 fully saturated rings. The van der Waals surface area contributed by atoms with E-state index in [1.165, 1.54) is 79.1 Å². The first-order valence-electron chi connectivity index (χ1n) is 21.2. The molecule has 393 valence electrons. The van der Waals surface area contributed by atoms with Gasteiger partial charge in [-0.05, 0) is 82.5 Å². The number of allylic oxidation sites excluding steroid dienone is 6. The molecule has 1 radical (unpaired) electrons. The van der Waals surface area contributed by atoms with Crippen molar-refractivity contribution >= 4 is 39.2 Å². The zero-order chi connectivity index (χ0) is 54.6. The number of carbonyl (C=O) groups is 3. The second kappa shape index (κ2) is 23.6. The second-order valence-electron chi connectivity index (χ2n) is 15.7. The molecular formula is C51H38F9N2O12Sm. The molecule has 75 heavy (non-hydrogen) atoms. The quantitative estimate of drug-likeness (QED) is 0.0682. The smallest absolute Gasteiger partial charge is 0.869 e. The Labute approximate surface area is 452 Å². The van der Waals surface area contributed by atoms with E-state index < -0.39 is 69.9 Å². The molecule has 9 rings (SSSR count). The number of halogens is 9. The van der Waals surface area contributed by atoms with Gasteiger partial charge in [-0.15, -0.1) is 0 Å². The van der Waals surface area contributed by atoms with Crippen LogP contribution in [0.25, 0.3) is 21.8 Å². The number of aromatic nitrogens is 2. The van der Waals surface area contributed by atoms with Crippen LogP contribution in [0, 0.1) is 40.4 Å². The Kier molecular flexibility index (Phi) is 18.5. The van der Waals surface area contributed by atoms with Crippen molar-refractivity contribution in [3.05, 3.63) is 153 Å². The van der Waals surface area contributed by atoms with Crippen LogP contribution < -0.4 is 43.7 Å². The zero-order valence-electron chi connectivity index (χ0n) is 39.8. The molecular weight excluding hydrogens is 1150 g/mol. The van der Waals surface area contributed by atoms with Crippen LogP contribution in [0.3, 0.4) is 0 Å². The maximum atomic E-state index is 12.4. The van der Waals surface area contributed by atoms with Gasteiger partial charge in [0.1, 0.15) is 0 Å². The van der Waals surface area contributed by atoms with Gasteiger partial charge in [0.25, 0.3) is 0 Å². The average Bonchev–Trinajstić information content (AvgIpc) is 4.01. The van der Waals surface area contributed by atoms with Gasteiger partial charge in [0.2, 0.25) is 0 Å². The van der Waals surface area contributed by atoms with E-state index in [2.05, 4.69) is 34.2 Å². The fourth-order valence-corrected chi connectivity index (χ4v) is 7.88. The molecule has 0 N–H and O–H groups in total. The molecule has 2 aromatic heterocycles. The van der Waals surface area contributed by atoms with Crippen molar-refractivity contribution < 1.29 is 138 Å². The van der Waals surface area contributed by atoms with E-state index in [4.69, 9.17) is 28.4 Å². The summed E-state index contributed by atoms with van der Waals surface area (Å²) in [7, 11) is 8.13. The van der Waals surface area contributed by atoms with E-state index in [0.717, 1.165) is 21.8 Å². The molecule has 6 aromatic rings. The minimum absolute atomic E-state index is 0. The van der Waals surface area contributed by atoms with Gasteiger partial charge in [-0.25, -0.2) is 0 Å². The number of alkyl halides is 9. The van der Waals surface area contributed by atoms with Gasteiger partial charge < -0.3 is 43.7 Å². The predicted octanol–water partition coefficient (Wildman–Crippen LogP) is 7.64. The Hall–Kier alpha value is -7.16. The van der Waals surface area contributed by atoms with E-state index in [1.54, 1.807) is 12.4 Å². The minimum atomic E-state index is -5.05. The van der Waals surface area contributed by atoms with E-state index in [-0.39, 0.29) is 93.6 Å². The van der Waals surface area contributed by atoms with Gasteiger partial charge >= 0.3 is 58.9 Å². The molecule has 24 heteroatoms. The summed E-state index contributed by atoms with van der Waals surface area (Å²) in [6.07, 6.45) is -12.6. The largest absolute Gasteiger partial charge is 3.00 e. The topological polar surface area (TPSA) is 202 Å². The SMILES string of the molecule is COc1cc2c(cc1OC)C(=O)/C(=C(\[O-])C(F)(F)F)C2.COc1cc2c(cc1OC)C(=O)/C(=C(\[O-])C(F)(F)F)C2.COc1cc2c(cc1OC)C(=O)/C(=C(\[O-])C(F)(F)F)C2.[Sm+3].c1cnc2c(c1)ccc1cccnc12. The Balaban J connectivity index is 0.000000185. The molecule has 0 atom stereocenters. The number of fused-ring (bicyclic) bond motifs is 6. The normalized spacial score (nSPS) is 15.6. The Morgan fingerprint density at radius 1 is 0.427 bits per heavy atom. The number of carbonyl (C=O) groups excluding carboxylic acids is 3. The maximum Gasteiger partial charge on any atom is 3.00 e. The van der Waals surface area contributed by atoms with Crippen LogP contribution >= 0.6 is 0 Å². The second-order valence-corrected chi connectivity index (χ2v) is 15.7. The van der Waals surface area contributed by atoms with Crippen LogP contribution in [0.15, 0.2) is 119 Å². The Morgan fingerprint density at radius 3 is 0.893 bits per heavy atom. The first kappa shape index (κ1) is 58.7. The number of ketones is 3. The van der Waals surface area contributed by atoms with Crippen molar-refractivity contribution in [1.29, 1.82) is 0 Å². The molecule has 0 aliphatic heterocycles. The van der Waals surface area contributed by atoms with Crippen LogP contribution in [0.4, 0.5) is 39.5 Å². The molecule has 4 aromatic carbocycles. The standard InChI is InChI=1S/3C13H11F3O4.C12H8N2.Sm/c3*1-19-9-4-6-3-8(12(18)13(14,15)16)11(17)7(6)5-10(9)20-2;1-3-9-5-6-10-4-2-8-14-12(10)11(9)13-7-1;/h3*4-5,18H,3H2,1-2H3;1-8H;/q;;;;+3/p-3/b3*12-8-;;. The third-order valence-corrected chi connectivity index (χ3v) is 11.4. The minimum Gasteiger partial charge on any atom is -0.869 e. The monoisotopic (exact) mass is 1190 g/mol. The molecule has 0 saturated carbocycles. The number of methoxy groups -OCH3 is 6. The van der Waals surface area contributed by atoms with Crippen LogP contribution in [0.5, 0.6) is 34.5 Å². The maximum absolute atomic E-state index is 12.4. The van der Waals surface area contributed by atoms with Crippen molar-refractivity contribution in [2.45, 2.75) is 37.8 Å². The molecule has 0 unspecified atom stereocenters. The van der Waals surface area contributed by atoms with E-state index in [0.29, 0.717) is 33.9 Å². The van der Waals surface area contributed by atoms with Crippen LogP contribution in [-0.4, -0.2) is 88.5 Å². The summed E-state index contributed by atoms with van der Waals surface area (Å²) in [5, 5.41) is 35.9. The van der Waals surface area contributed by atoms with Crippen molar-refractivity contribution in [1.82, 2.24) is 9.97 Å². The van der Waals surface area contributed by atoms with Gasteiger partial charge in [-0.2, -0.15) is 39.5 Å². The first-order valence-corrected chi connectivity index (χ1v) is 21.2. The zero-order valence-corrected chi connectivity index (χ0v) is 42.4. The van der Waals surface area contributed by atoms with Crippen molar-refractivity contribution in [3.63, 3.8) is 0 Å². The number of nitrogens with zero attached hydrogens (tertiary/aromatic N) is 2. The first-order chi connectivity index (χ1) is 34.8. The van der Waals surface area contributed by atoms with E-state index >= 15 is 0 Å². The third kappa shape index (κ3) is 12.5. The fourth-order valence-electron chi connectivity index (χ4n) is 7.88. The molecule has 0 saturated heterocycles. The van der Waals surface area contributed by atoms with Gasteiger partial charge in [-0.1, -0.05) is 24.3 Å². The van der Waals surface area contributed by atoms with Crippen molar-refractivity contribution in [2.75, 3.05) is 42.7 Å². The van der Waals surface area contributed by atoms with E-state index in [1.807, 2.05) is 12.1 Å². The molecule has 3 aliphatic rings. The van der Waals surface area contributed by atoms with Crippen LogP contribution in [0.2, 0.25) is 0 Å². The molecule has 2 heterocycles. The summed E-state index contributed by atoms with van der Waals surface area (Å²) in [5.74, 6) is -7.50. The number of Topliss-reactive ketones (excluding diaryl/α,β-unsaturated/α-hetero) is 3. The summed E-state index contributed by atoms with van der Waals surface area (Å²) >= 11 is 0. The average molecular weight is 1190 g/mol. The summed E-state index contributed by atoms with van der Waals surface area (Å²) < 4.78 is 142. The van der Waals surface area contributed by atoms with Crippen LogP contribution in [0.1, 0.15) is 47.8 Å². The molecule has 14 nitrogen and oxygen atoms in total. The third-order valence-electron chi connectivity index (χ3n) is 11.4. The summed E-state index contributed by atoms with van der Waals surface area (Å²) in [6.45, 7) is 0. The van der Waals surface area contributed by atoms with Crippen molar-refractivity contribution in [2.24, 2.45) is 0 Å². The number of ether oxygens (including phenoxy) is 6. The summed E-state index contributed by atoms with van der Waals surface area (Å²) in [5.41, 5.74) is 0.700. The number of hydrogen-bond donors (Lipinski definition) is 0. The predicted molar refractivity (Wildman–Crippen MR) is 239 cm³/mol. The number of rotatable bonds is 6. The van der Waals surface area contributed by atoms with Gasteiger partial charge in [0.05, 0.1) is 53.7 Å². The molecule has 0 bridgehead atoms. The van der Waals surface area contributed by atoms with E-state index in [9.17, 15) is 69.2 Å². The van der Waals surface area contributed by atoms with Crippen molar-refractivity contribution in [3.8, 4) is 34.5 Å². The summed E-state index contributed by atoms with van der Waals surface area (Å²) in [6, 6.07) is 20.2. The molecule has 3 aliphatic carbocycles. The Morgan fingerprint density at radius 2 is 0.667 bits per heavy atom. The molecule has 0 amide bonds. The number of benzene rings is 4.